The Kier molecular flexibility index (Phi) is 10.2. The minimum absolute atomic E-state index is 0.00301. The standard InChI is InChI=1S/C39H65FO8/c1-22(21-41)29(43)30(44)31(45)32(46)33(47)39-17-15-34(2,3)19-24(39)23-9-10-26-36(6)13-12-27(48-28(42)20-40)35(4,5)25(36)11-14-38(26,8)37(23,7)16-18-39/h9,22,24-27,29-33,41,43-47H,10-21H2,1-8H3/t22?,24?,25?,26?,27-,29-,30?,31?,32-,33+,36-,37+,38+,39-/m0/s1. The van der Waals surface area contributed by atoms with Crippen molar-refractivity contribution in [1.82, 2.24) is 0 Å². The zero-order chi connectivity index (χ0) is 35.8. The lowest BCUT2D eigenvalue weighted by Gasteiger charge is -2.72. The lowest BCUT2D eigenvalue weighted by atomic mass is 9.33. The number of hydrogen-bond acceptors (Lipinski definition) is 8. The average Bonchev–Trinajstić information content (AvgIpc) is 3.03. The summed E-state index contributed by atoms with van der Waals surface area (Å²) in [4.78, 5) is 12.0. The molecule has 5 aliphatic carbocycles. The van der Waals surface area contributed by atoms with Crippen LogP contribution in [0.15, 0.2) is 11.6 Å². The van der Waals surface area contributed by atoms with Crippen molar-refractivity contribution in [3.8, 4) is 0 Å². The van der Waals surface area contributed by atoms with E-state index in [-0.39, 0.29) is 45.7 Å². The normalized spacial score (nSPS) is 43.9. The van der Waals surface area contributed by atoms with E-state index in [0.717, 1.165) is 51.4 Å². The van der Waals surface area contributed by atoms with Crippen molar-refractivity contribution in [2.45, 2.75) is 156 Å². The van der Waals surface area contributed by atoms with Gasteiger partial charge in [-0.05, 0) is 104 Å². The smallest absolute Gasteiger partial charge is 0.337 e. The van der Waals surface area contributed by atoms with Gasteiger partial charge in [-0.3, -0.25) is 0 Å². The molecule has 4 saturated carbocycles. The van der Waals surface area contributed by atoms with Crippen LogP contribution < -0.4 is 0 Å². The molecule has 6 N–H and O–H groups in total. The number of rotatable bonds is 9. The van der Waals surface area contributed by atoms with Crippen LogP contribution in [0.4, 0.5) is 4.39 Å². The molecule has 9 heteroatoms. The quantitative estimate of drug-likeness (QED) is 0.146. The van der Waals surface area contributed by atoms with Gasteiger partial charge in [0.2, 0.25) is 0 Å². The third-order valence-electron chi connectivity index (χ3n) is 15.9. The minimum atomic E-state index is -1.78. The molecule has 0 heterocycles. The SMILES string of the molecule is CC(CO)[C@H](O)C(O)C(O)[C@H](O)[C@@H](O)[C@]12CCC(C)(C)CC1C1=CCC3[C@@]4(C)CC[C@H](OC(=O)CF)C(C)(C)C4CC[C@@]3(C)[C@]1(C)CC2. The maximum atomic E-state index is 13.2. The highest BCUT2D eigenvalue weighted by Crippen LogP contribution is 2.76. The lowest BCUT2D eigenvalue weighted by Crippen LogP contribution is -2.66. The Bertz CT molecular complexity index is 1240. The third-order valence-corrected chi connectivity index (χ3v) is 15.9. The Hall–Kier alpha value is -1.10. The van der Waals surface area contributed by atoms with Crippen LogP contribution in [-0.2, 0) is 9.53 Å². The first kappa shape index (κ1) is 38.1. The van der Waals surface area contributed by atoms with Gasteiger partial charge >= 0.3 is 5.97 Å². The molecule has 14 atom stereocenters. The predicted molar refractivity (Wildman–Crippen MR) is 181 cm³/mol. The Labute approximate surface area is 287 Å². The summed E-state index contributed by atoms with van der Waals surface area (Å²) in [7, 11) is 0. The van der Waals surface area contributed by atoms with E-state index in [4.69, 9.17) is 4.74 Å². The van der Waals surface area contributed by atoms with Crippen molar-refractivity contribution in [1.29, 1.82) is 0 Å². The zero-order valence-electron chi connectivity index (χ0n) is 30.7. The number of halogens is 1. The summed E-state index contributed by atoms with van der Waals surface area (Å²) in [5.74, 6) is -0.800. The average molecular weight is 681 g/mol. The summed E-state index contributed by atoms with van der Waals surface area (Å²) in [5.41, 5.74) is 0.225. The molecule has 5 rings (SSSR count). The van der Waals surface area contributed by atoms with Gasteiger partial charge in [0.15, 0.2) is 6.67 Å². The van der Waals surface area contributed by atoms with Crippen molar-refractivity contribution >= 4 is 5.97 Å². The van der Waals surface area contributed by atoms with Gasteiger partial charge in [-0.25, -0.2) is 9.18 Å². The molecule has 0 aromatic heterocycles. The number of carbonyl (C=O) groups is 1. The number of hydrogen-bond donors (Lipinski definition) is 6. The van der Waals surface area contributed by atoms with Crippen molar-refractivity contribution in [3.63, 3.8) is 0 Å². The summed E-state index contributed by atoms with van der Waals surface area (Å²) in [6.45, 7) is 16.3. The second-order valence-electron chi connectivity index (χ2n) is 19.0. The number of esters is 1. The molecule has 6 unspecified atom stereocenters. The highest BCUT2D eigenvalue weighted by atomic mass is 19.1. The van der Waals surface area contributed by atoms with Crippen molar-refractivity contribution in [2.75, 3.05) is 13.3 Å². The fraction of sp³-hybridized carbons (Fsp3) is 0.923. The Morgan fingerprint density at radius 1 is 0.854 bits per heavy atom. The Balaban J connectivity index is 1.49. The third kappa shape index (κ3) is 5.64. The van der Waals surface area contributed by atoms with E-state index in [1.165, 1.54) is 5.57 Å². The summed E-state index contributed by atoms with van der Waals surface area (Å²) >= 11 is 0. The maximum absolute atomic E-state index is 13.2. The molecule has 48 heavy (non-hydrogen) atoms. The highest BCUT2D eigenvalue weighted by Gasteiger charge is 2.69. The topological polar surface area (TPSA) is 148 Å². The van der Waals surface area contributed by atoms with Crippen LogP contribution in [-0.4, -0.2) is 86.5 Å². The van der Waals surface area contributed by atoms with E-state index < -0.39 is 54.5 Å². The zero-order valence-corrected chi connectivity index (χ0v) is 30.7. The molecule has 4 fully saturated rings. The molecular weight excluding hydrogens is 615 g/mol. The van der Waals surface area contributed by atoms with Crippen molar-refractivity contribution in [2.24, 2.45) is 56.2 Å². The van der Waals surface area contributed by atoms with Gasteiger partial charge in [-0.1, -0.05) is 67.0 Å². The number of ether oxygens (including phenoxy) is 1. The number of fused-ring (bicyclic) bond motifs is 7. The molecule has 0 aliphatic heterocycles. The Morgan fingerprint density at radius 3 is 2.10 bits per heavy atom. The predicted octanol–water partition coefficient (Wildman–Crippen LogP) is 5.10. The summed E-state index contributed by atoms with van der Waals surface area (Å²) < 4.78 is 18.8. The highest BCUT2D eigenvalue weighted by molar-refractivity contribution is 5.70. The summed E-state index contributed by atoms with van der Waals surface area (Å²) in [6, 6.07) is 0. The van der Waals surface area contributed by atoms with Gasteiger partial charge in [0.1, 0.15) is 24.4 Å². The number of aliphatic hydroxyl groups excluding tert-OH is 6. The lowest BCUT2D eigenvalue weighted by molar-refractivity contribution is -0.223. The van der Waals surface area contributed by atoms with E-state index in [1.54, 1.807) is 6.92 Å². The van der Waals surface area contributed by atoms with E-state index >= 15 is 0 Å². The molecule has 5 aliphatic rings. The molecule has 0 amide bonds. The largest absolute Gasteiger partial charge is 0.460 e. The first-order chi connectivity index (χ1) is 22.2. The van der Waals surface area contributed by atoms with Crippen LogP contribution in [0.1, 0.15) is 120 Å². The van der Waals surface area contributed by atoms with Crippen molar-refractivity contribution in [3.05, 3.63) is 11.6 Å². The summed E-state index contributed by atoms with van der Waals surface area (Å²) in [5, 5.41) is 65.4. The maximum Gasteiger partial charge on any atom is 0.337 e. The van der Waals surface area contributed by atoms with Gasteiger partial charge in [0.25, 0.3) is 0 Å². The Morgan fingerprint density at radius 2 is 1.48 bits per heavy atom. The number of carbonyl (C=O) groups excluding carboxylic acids is 1. The number of allylic oxidation sites excluding steroid dienone is 2. The van der Waals surface area contributed by atoms with Crippen molar-refractivity contribution < 1.29 is 44.6 Å². The molecule has 276 valence electrons. The van der Waals surface area contributed by atoms with E-state index in [9.17, 15) is 39.8 Å². The molecule has 0 radical (unpaired) electrons. The number of alkyl halides is 1. The monoisotopic (exact) mass is 680 g/mol. The molecule has 0 spiro atoms. The van der Waals surface area contributed by atoms with E-state index in [0.29, 0.717) is 24.7 Å². The van der Waals surface area contributed by atoms with Gasteiger partial charge in [-0.15, -0.1) is 0 Å². The fourth-order valence-electron chi connectivity index (χ4n) is 12.6. The minimum Gasteiger partial charge on any atom is -0.460 e. The van der Waals surface area contributed by atoms with Crippen LogP contribution >= 0.6 is 0 Å². The summed E-state index contributed by atoms with van der Waals surface area (Å²) in [6.07, 6.45) is 2.66. The van der Waals surface area contributed by atoms with Crippen LogP contribution in [0, 0.1) is 56.2 Å². The van der Waals surface area contributed by atoms with Gasteiger partial charge < -0.3 is 35.4 Å². The molecule has 0 aromatic carbocycles. The first-order valence-electron chi connectivity index (χ1n) is 18.6. The second kappa shape index (κ2) is 12.8. The second-order valence-corrected chi connectivity index (χ2v) is 19.0. The van der Waals surface area contributed by atoms with Crippen LogP contribution in [0.2, 0.25) is 0 Å². The molecular formula is C39H65FO8. The van der Waals surface area contributed by atoms with Crippen LogP contribution in [0.3, 0.4) is 0 Å². The van der Waals surface area contributed by atoms with Gasteiger partial charge in [0.05, 0.1) is 12.2 Å². The van der Waals surface area contributed by atoms with Crippen LogP contribution in [0.25, 0.3) is 0 Å². The molecule has 8 nitrogen and oxygen atoms in total. The molecule has 0 aromatic rings. The van der Waals surface area contributed by atoms with E-state index in [2.05, 4.69) is 54.5 Å². The van der Waals surface area contributed by atoms with Gasteiger partial charge in [0, 0.05) is 23.4 Å². The molecule has 0 saturated heterocycles. The number of aliphatic hydroxyl groups is 6. The van der Waals surface area contributed by atoms with Crippen LogP contribution in [0.5, 0.6) is 0 Å². The van der Waals surface area contributed by atoms with Gasteiger partial charge in [-0.2, -0.15) is 0 Å². The molecule has 0 bridgehead atoms. The van der Waals surface area contributed by atoms with E-state index in [1.807, 2.05) is 0 Å². The first-order valence-corrected chi connectivity index (χ1v) is 18.6. The fourth-order valence-corrected chi connectivity index (χ4v) is 12.6.